The van der Waals surface area contributed by atoms with E-state index < -0.39 is 17.7 Å². The minimum atomic E-state index is -0.724. The first-order chi connectivity index (χ1) is 13.4. The maximum atomic E-state index is 12.9. The van der Waals surface area contributed by atoms with E-state index in [0.29, 0.717) is 18.4 Å². The summed E-state index contributed by atoms with van der Waals surface area (Å²) in [5, 5.41) is 2.56. The van der Waals surface area contributed by atoms with Crippen molar-refractivity contribution in [1.29, 1.82) is 0 Å². The van der Waals surface area contributed by atoms with E-state index in [1.54, 1.807) is 4.90 Å². The molecule has 28 heavy (non-hydrogen) atoms. The van der Waals surface area contributed by atoms with Gasteiger partial charge in [0.15, 0.2) is 0 Å². The molecular weight excluding hydrogens is 360 g/mol. The number of nitrogens with one attached hydrogen (secondary N) is 1. The van der Waals surface area contributed by atoms with E-state index in [0.717, 1.165) is 25.7 Å². The van der Waals surface area contributed by atoms with Gasteiger partial charge in [-0.1, -0.05) is 19.8 Å². The fourth-order valence-electron chi connectivity index (χ4n) is 4.41. The summed E-state index contributed by atoms with van der Waals surface area (Å²) in [6.45, 7) is 2.70. The summed E-state index contributed by atoms with van der Waals surface area (Å²) in [5.41, 5.74) is 5.60. The second kappa shape index (κ2) is 8.58. The van der Waals surface area contributed by atoms with Gasteiger partial charge in [0.25, 0.3) is 5.91 Å². The molecule has 1 saturated heterocycles. The number of primary amides is 1. The first kappa shape index (κ1) is 20.1. The van der Waals surface area contributed by atoms with Crippen molar-refractivity contribution in [3.05, 3.63) is 17.8 Å². The molecule has 0 bridgehead atoms. The maximum absolute atomic E-state index is 12.9. The molecule has 1 aliphatic heterocycles. The summed E-state index contributed by atoms with van der Waals surface area (Å²) in [4.78, 5) is 42.8. The lowest BCUT2D eigenvalue weighted by Crippen LogP contribution is -2.52. The van der Waals surface area contributed by atoms with Gasteiger partial charge in [0, 0.05) is 12.6 Å². The van der Waals surface area contributed by atoms with E-state index in [4.69, 9.17) is 10.5 Å². The monoisotopic (exact) mass is 388 g/mol. The molecule has 1 aromatic heterocycles. The molecule has 2 aliphatic rings. The quantitative estimate of drug-likeness (QED) is 0.765. The molecule has 0 radical (unpaired) electrons. The summed E-state index contributed by atoms with van der Waals surface area (Å²) < 4.78 is 4.99. The predicted octanol–water partition coefficient (Wildman–Crippen LogP) is 1.94. The molecule has 0 spiro atoms. The highest BCUT2D eigenvalue weighted by molar-refractivity contribution is 6.39. The minimum Gasteiger partial charge on any atom is -0.480 e. The van der Waals surface area contributed by atoms with Gasteiger partial charge in [-0.15, -0.1) is 0 Å². The molecule has 8 nitrogen and oxygen atoms in total. The highest BCUT2D eigenvalue weighted by Crippen LogP contribution is 2.36. The summed E-state index contributed by atoms with van der Waals surface area (Å²) in [6.07, 6.45) is 7.99. The molecule has 1 aromatic rings. The molecule has 0 aromatic carbocycles. The van der Waals surface area contributed by atoms with Crippen LogP contribution in [0.2, 0.25) is 0 Å². The summed E-state index contributed by atoms with van der Waals surface area (Å²) in [7, 11) is 1.37. The van der Waals surface area contributed by atoms with Crippen molar-refractivity contribution in [3.63, 3.8) is 0 Å². The van der Waals surface area contributed by atoms with E-state index >= 15 is 0 Å². The number of carbonyl (C=O) groups excluding carboxylic acids is 3. The Kier molecular flexibility index (Phi) is 6.16. The molecule has 8 heteroatoms. The molecule has 152 valence electrons. The highest BCUT2D eigenvalue weighted by atomic mass is 16.5. The summed E-state index contributed by atoms with van der Waals surface area (Å²) in [6, 6.07) is 1.50. The molecule has 3 rings (SSSR count). The number of anilines is 1. The minimum absolute atomic E-state index is 0.0446. The Bertz CT molecular complexity index is 761. The smallest absolute Gasteiger partial charge is 0.313 e. The van der Waals surface area contributed by atoms with Crippen LogP contribution in [0.4, 0.5) is 5.69 Å². The molecule has 3 N–H and O–H groups in total. The van der Waals surface area contributed by atoms with Crippen LogP contribution in [0.1, 0.15) is 55.8 Å². The van der Waals surface area contributed by atoms with E-state index in [2.05, 4.69) is 17.2 Å². The van der Waals surface area contributed by atoms with E-state index in [-0.39, 0.29) is 23.2 Å². The van der Waals surface area contributed by atoms with Gasteiger partial charge in [0.05, 0.1) is 19.0 Å². The average Bonchev–Trinajstić information content (AvgIpc) is 3.21. The molecule has 1 aliphatic carbocycles. The van der Waals surface area contributed by atoms with Gasteiger partial charge in [-0.05, 0) is 43.6 Å². The lowest BCUT2D eigenvalue weighted by molar-refractivity contribution is -0.147. The number of carbonyl (C=O) groups is 3. The number of aromatic nitrogens is 1. The van der Waals surface area contributed by atoms with E-state index in [9.17, 15) is 14.4 Å². The third kappa shape index (κ3) is 4.26. The van der Waals surface area contributed by atoms with Crippen LogP contribution in [0.3, 0.4) is 0 Å². The number of methoxy groups -OCH3 is 1. The number of hydrogen-bond acceptors (Lipinski definition) is 5. The van der Waals surface area contributed by atoms with Crippen LogP contribution in [0.5, 0.6) is 5.88 Å². The fourth-order valence-corrected chi connectivity index (χ4v) is 4.41. The van der Waals surface area contributed by atoms with E-state index in [1.807, 2.05) is 0 Å². The van der Waals surface area contributed by atoms with Gasteiger partial charge in [0.2, 0.25) is 5.88 Å². The van der Waals surface area contributed by atoms with Crippen LogP contribution >= 0.6 is 0 Å². The van der Waals surface area contributed by atoms with Crippen LogP contribution in [0.25, 0.3) is 0 Å². The third-order valence-corrected chi connectivity index (χ3v) is 5.83. The van der Waals surface area contributed by atoms with Crippen molar-refractivity contribution >= 4 is 23.4 Å². The first-order valence-corrected chi connectivity index (χ1v) is 9.86. The Morgan fingerprint density at radius 3 is 2.57 bits per heavy atom. The molecular formula is C20H28N4O4. The average molecular weight is 388 g/mol. The summed E-state index contributed by atoms with van der Waals surface area (Å²) in [5.74, 6) is -1.05. The second-order valence-corrected chi connectivity index (χ2v) is 7.85. The van der Waals surface area contributed by atoms with Gasteiger partial charge in [0.1, 0.15) is 5.56 Å². The second-order valence-electron chi connectivity index (χ2n) is 7.85. The number of nitrogens with zero attached hydrogens (tertiary/aromatic N) is 2. The first-order valence-electron chi connectivity index (χ1n) is 9.86. The number of hydrogen-bond donors (Lipinski definition) is 2. The van der Waals surface area contributed by atoms with Gasteiger partial charge in [-0.25, -0.2) is 4.98 Å². The molecule has 2 atom stereocenters. The van der Waals surface area contributed by atoms with Crippen LogP contribution in [-0.4, -0.2) is 47.3 Å². The Morgan fingerprint density at radius 1 is 1.21 bits per heavy atom. The fraction of sp³-hybridized carbons (Fsp3) is 0.600. The van der Waals surface area contributed by atoms with Crippen molar-refractivity contribution in [2.75, 3.05) is 19.0 Å². The topological polar surface area (TPSA) is 115 Å². The Hall–Kier alpha value is -2.64. The standard InChI is InChI=1S/C20H28N4O4/c1-12-7-8-16(13-5-3-4-6-13)24(11-12)20(27)18(26)23-14-9-15(17(21)25)19(28-2)22-10-14/h9-10,12-13,16H,3-8,11H2,1-2H3,(H2,21,25)(H,23,26). The van der Waals surface area contributed by atoms with Crippen molar-refractivity contribution in [3.8, 4) is 5.88 Å². The van der Waals surface area contributed by atoms with Crippen molar-refractivity contribution in [1.82, 2.24) is 9.88 Å². The Morgan fingerprint density at radius 2 is 1.93 bits per heavy atom. The lowest BCUT2D eigenvalue weighted by atomic mass is 9.85. The number of nitrogens with two attached hydrogens (primary N) is 1. The van der Waals surface area contributed by atoms with Crippen LogP contribution in [-0.2, 0) is 9.59 Å². The molecule has 2 heterocycles. The Labute approximate surface area is 164 Å². The molecule has 2 unspecified atom stereocenters. The number of piperidine rings is 1. The van der Waals surface area contributed by atoms with E-state index in [1.165, 1.54) is 32.2 Å². The number of likely N-dealkylation sites (tertiary alicyclic amines) is 1. The zero-order valence-electron chi connectivity index (χ0n) is 16.4. The normalized spacial score (nSPS) is 22.7. The van der Waals surface area contributed by atoms with Crippen LogP contribution < -0.4 is 15.8 Å². The van der Waals surface area contributed by atoms with Crippen molar-refractivity contribution < 1.29 is 19.1 Å². The van der Waals surface area contributed by atoms with Crippen LogP contribution in [0.15, 0.2) is 12.3 Å². The molecule has 3 amide bonds. The number of ether oxygens (including phenoxy) is 1. The molecule has 1 saturated carbocycles. The van der Waals surface area contributed by atoms with Crippen LogP contribution in [0, 0.1) is 11.8 Å². The van der Waals surface area contributed by atoms with Crippen molar-refractivity contribution in [2.24, 2.45) is 17.6 Å². The number of pyridine rings is 1. The van der Waals surface area contributed by atoms with Gasteiger partial charge >= 0.3 is 11.8 Å². The number of rotatable bonds is 4. The third-order valence-electron chi connectivity index (χ3n) is 5.83. The maximum Gasteiger partial charge on any atom is 0.313 e. The molecule has 2 fully saturated rings. The SMILES string of the molecule is COc1ncc(NC(=O)C(=O)N2CC(C)CCC2C2CCCC2)cc1C(N)=O. The lowest BCUT2D eigenvalue weighted by Gasteiger charge is -2.41. The zero-order valence-corrected chi connectivity index (χ0v) is 16.4. The van der Waals surface area contributed by atoms with Gasteiger partial charge in [-0.3, -0.25) is 14.4 Å². The predicted molar refractivity (Wildman–Crippen MR) is 104 cm³/mol. The van der Waals surface area contributed by atoms with Gasteiger partial charge < -0.3 is 20.7 Å². The highest BCUT2D eigenvalue weighted by Gasteiger charge is 2.38. The number of amides is 3. The zero-order chi connectivity index (χ0) is 20.3. The Balaban J connectivity index is 1.74. The summed E-state index contributed by atoms with van der Waals surface area (Å²) >= 11 is 0. The van der Waals surface area contributed by atoms with Gasteiger partial charge in [-0.2, -0.15) is 0 Å². The van der Waals surface area contributed by atoms with Crippen molar-refractivity contribution in [2.45, 2.75) is 51.5 Å². The largest absolute Gasteiger partial charge is 0.480 e.